The quantitative estimate of drug-likeness (QED) is 0.434. The van der Waals surface area contributed by atoms with E-state index in [9.17, 15) is 18.4 Å². The molecule has 1 aromatic heterocycles. The number of amides is 1. The summed E-state index contributed by atoms with van der Waals surface area (Å²) < 4.78 is 38.3. The molecule has 0 aliphatic rings. The highest BCUT2D eigenvalue weighted by atomic mass is 19.1. The van der Waals surface area contributed by atoms with Crippen LogP contribution in [-0.2, 0) is 4.74 Å². The molecule has 1 atom stereocenters. The standard InChI is InChI=1S/C25H22F2N2O5/c1-15(14-33-2)34-21-10-16(3-4-17-11-20(26)6-7-22(17)27)9-19(12-21)24(30)29-23-8-5-18(13-28-23)25(31)32/h3-13,15H,14H2,1-2H3,(H,31,32)(H,28,29,30)/b4-3+/t15-/m0/s1. The topological polar surface area (TPSA) is 97.8 Å². The summed E-state index contributed by atoms with van der Waals surface area (Å²) in [5, 5.41) is 11.6. The zero-order chi connectivity index (χ0) is 24.7. The van der Waals surface area contributed by atoms with Gasteiger partial charge in [-0.05, 0) is 61.0 Å². The highest BCUT2D eigenvalue weighted by Gasteiger charge is 2.13. The first-order valence-corrected chi connectivity index (χ1v) is 10.2. The molecule has 3 rings (SSSR count). The van der Waals surface area contributed by atoms with Crippen LogP contribution < -0.4 is 10.1 Å². The fourth-order valence-electron chi connectivity index (χ4n) is 3.03. The van der Waals surface area contributed by atoms with E-state index in [2.05, 4.69) is 10.3 Å². The molecule has 0 aliphatic carbocycles. The normalized spacial score (nSPS) is 11.9. The van der Waals surface area contributed by atoms with Crippen LogP contribution >= 0.6 is 0 Å². The Morgan fingerprint density at radius 2 is 1.88 bits per heavy atom. The molecule has 0 radical (unpaired) electrons. The van der Waals surface area contributed by atoms with Crippen LogP contribution in [0, 0.1) is 11.6 Å². The number of benzene rings is 2. The van der Waals surface area contributed by atoms with Gasteiger partial charge in [0.25, 0.3) is 5.91 Å². The lowest BCUT2D eigenvalue weighted by Gasteiger charge is -2.15. The lowest BCUT2D eigenvalue weighted by atomic mass is 10.1. The number of nitrogens with one attached hydrogen (secondary N) is 1. The van der Waals surface area contributed by atoms with Crippen molar-refractivity contribution in [1.82, 2.24) is 4.98 Å². The highest BCUT2D eigenvalue weighted by molar-refractivity contribution is 6.04. The van der Waals surface area contributed by atoms with Crippen molar-refractivity contribution < 1.29 is 33.0 Å². The second-order valence-electron chi connectivity index (χ2n) is 7.37. The number of halogens is 2. The third-order valence-corrected chi connectivity index (χ3v) is 4.60. The maximum atomic E-state index is 14.0. The number of nitrogens with zero attached hydrogens (tertiary/aromatic N) is 1. The van der Waals surface area contributed by atoms with Crippen LogP contribution in [0.25, 0.3) is 12.2 Å². The van der Waals surface area contributed by atoms with Gasteiger partial charge in [-0.1, -0.05) is 12.2 Å². The molecule has 0 saturated heterocycles. The maximum Gasteiger partial charge on any atom is 0.337 e. The molecule has 2 N–H and O–H groups in total. The van der Waals surface area contributed by atoms with Gasteiger partial charge in [-0.2, -0.15) is 0 Å². The Kier molecular flexibility index (Phi) is 8.05. The van der Waals surface area contributed by atoms with Crippen LogP contribution in [0.2, 0.25) is 0 Å². The molecule has 176 valence electrons. The smallest absolute Gasteiger partial charge is 0.337 e. The number of carboxylic acid groups (broad SMARTS) is 1. The van der Waals surface area contributed by atoms with Gasteiger partial charge in [0.2, 0.25) is 0 Å². The lowest BCUT2D eigenvalue weighted by molar-refractivity contribution is 0.0696. The zero-order valence-electron chi connectivity index (χ0n) is 18.4. The van der Waals surface area contributed by atoms with Crippen molar-refractivity contribution in [1.29, 1.82) is 0 Å². The van der Waals surface area contributed by atoms with Crippen molar-refractivity contribution in [2.75, 3.05) is 19.0 Å². The molecule has 7 nitrogen and oxygen atoms in total. The lowest BCUT2D eigenvalue weighted by Crippen LogP contribution is -2.19. The number of pyridine rings is 1. The van der Waals surface area contributed by atoms with E-state index in [1.807, 2.05) is 0 Å². The second-order valence-corrected chi connectivity index (χ2v) is 7.37. The number of anilines is 1. The SMILES string of the molecule is COC[C@H](C)Oc1cc(/C=C/c2cc(F)ccc2F)cc(C(=O)Nc2ccc(C(=O)O)cn2)c1. The molecule has 1 amide bonds. The number of aromatic carboxylic acids is 1. The largest absolute Gasteiger partial charge is 0.488 e. The van der Waals surface area contributed by atoms with Gasteiger partial charge >= 0.3 is 5.97 Å². The third-order valence-electron chi connectivity index (χ3n) is 4.60. The van der Waals surface area contributed by atoms with Crippen molar-refractivity contribution in [2.24, 2.45) is 0 Å². The van der Waals surface area contributed by atoms with Gasteiger partial charge in [-0.3, -0.25) is 4.79 Å². The van der Waals surface area contributed by atoms with Crippen molar-refractivity contribution >= 4 is 29.8 Å². The summed E-state index contributed by atoms with van der Waals surface area (Å²) in [4.78, 5) is 27.7. The fourth-order valence-corrected chi connectivity index (χ4v) is 3.03. The number of hydrogen-bond donors (Lipinski definition) is 2. The molecular weight excluding hydrogens is 446 g/mol. The van der Waals surface area contributed by atoms with E-state index >= 15 is 0 Å². The van der Waals surface area contributed by atoms with Crippen molar-refractivity contribution in [3.05, 3.63) is 88.6 Å². The van der Waals surface area contributed by atoms with Crippen molar-refractivity contribution in [3.63, 3.8) is 0 Å². The summed E-state index contributed by atoms with van der Waals surface area (Å²) in [6, 6.07) is 10.5. The van der Waals surface area contributed by atoms with E-state index in [4.69, 9.17) is 14.6 Å². The van der Waals surface area contributed by atoms with Crippen LogP contribution in [0.3, 0.4) is 0 Å². The van der Waals surface area contributed by atoms with Crippen LogP contribution in [0.1, 0.15) is 38.8 Å². The van der Waals surface area contributed by atoms with Crippen LogP contribution in [0.5, 0.6) is 5.75 Å². The number of rotatable bonds is 9. The summed E-state index contributed by atoms with van der Waals surface area (Å²) in [6.07, 6.45) is 3.74. The van der Waals surface area contributed by atoms with Gasteiger partial charge in [-0.25, -0.2) is 18.6 Å². The van der Waals surface area contributed by atoms with E-state index < -0.39 is 23.5 Å². The summed E-state index contributed by atoms with van der Waals surface area (Å²) in [5.74, 6) is -2.29. The Hall–Kier alpha value is -4.11. The van der Waals surface area contributed by atoms with Gasteiger partial charge < -0.3 is 19.9 Å². The minimum atomic E-state index is -1.13. The molecule has 0 spiro atoms. The number of ether oxygens (including phenoxy) is 2. The Morgan fingerprint density at radius 1 is 1.09 bits per heavy atom. The van der Waals surface area contributed by atoms with E-state index in [1.165, 1.54) is 37.5 Å². The molecule has 0 fully saturated rings. The second kappa shape index (κ2) is 11.2. The Morgan fingerprint density at radius 3 is 2.56 bits per heavy atom. The molecule has 0 bridgehead atoms. The van der Waals surface area contributed by atoms with Gasteiger partial charge in [-0.15, -0.1) is 0 Å². The van der Waals surface area contributed by atoms with Crippen molar-refractivity contribution in [2.45, 2.75) is 13.0 Å². The van der Waals surface area contributed by atoms with Crippen LogP contribution in [0.4, 0.5) is 14.6 Å². The van der Waals surface area contributed by atoms with Crippen LogP contribution in [0.15, 0.2) is 54.7 Å². The number of carbonyl (C=O) groups is 2. The molecule has 34 heavy (non-hydrogen) atoms. The first-order valence-electron chi connectivity index (χ1n) is 10.2. The molecule has 1 heterocycles. The molecular formula is C25H22F2N2O5. The predicted molar refractivity (Wildman–Crippen MR) is 123 cm³/mol. The maximum absolute atomic E-state index is 14.0. The molecule has 9 heteroatoms. The Balaban J connectivity index is 1.90. The van der Waals surface area contributed by atoms with E-state index in [1.54, 1.807) is 19.1 Å². The molecule has 0 aliphatic heterocycles. The van der Waals surface area contributed by atoms with E-state index in [0.717, 1.165) is 24.4 Å². The monoisotopic (exact) mass is 468 g/mol. The molecule has 0 unspecified atom stereocenters. The summed E-state index contributed by atoms with van der Waals surface area (Å²) in [7, 11) is 1.54. The highest BCUT2D eigenvalue weighted by Crippen LogP contribution is 2.22. The zero-order valence-corrected chi connectivity index (χ0v) is 18.4. The summed E-state index contributed by atoms with van der Waals surface area (Å²) >= 11 is 0. The fraction of sp³-hybridized carbons (Fsp3) is 0.160. The van der Waals surface area contributed by atoms with E-state index in [-0.39, 0.29) is 28.6 Å². The molecule has 3 aromatic rings. The third kappa shape index (κ3) is 6.69. The van der Waals surface area contributed by atoms with Gasteiger partial charge in [0, 0.05) is 24.4 Å². The Bertz CT molecular complexity index is 1210. The minimum Gasteiger partial charge on any atom is -0.488 e. The predicted octanol–water partition coefficient (Wildman–Crippen LogP) is 4.89. The van der Waals surface area contributed by atoms with Crippen LogP contribution in [-0.4, -0.2) is 41.8 Å². The molecule has 2 aromatic carbocycles. The first-order chi connectivity index (χ1) is 16.2. The minimum absolute atomic E-state index is 0.0162. The number of aromatic nitrogens is 1. The number of hydrogen-bond acceptors (Lipinski definition) is 5. The van der Waals surface area contributed by atoms with Crippen molar-refractivity contribution in [3.8, 4) is 5.75 Å². The summed E-state index contributed by atoms with van der Waals surface area (Å²) in [5.41, 5.74) is 0.751. The van der Waals surface area contributed by atoms with Gasteiger partial charge in [0.05, 0.1) is 12.2 Å². The van der Waals surface area contributed by atoms with Gasteiger partial charge in [0.15, 0.2) is 0 Å². The average Bonchev–Trinajstić information content (AvgIpc) is 2.80. The average molecular weight is 468 g/mol. The molecule has 0 saturated carbocycles. The van der Waals surface area contributed by atoms with Gasteiger partial charge in [0.1, 0.15) is 29.3 Å². The number of methoxy groups -OCH3 is 1. The van der Waals surface area contributed by atoms with E-state index in [0.29, 0.717) is 17.9 Å². The Labute approximate surface area is 194 Å². The first kappa shape index (κ1) is 24.5. The number of carboxylic acids is 1. The number of carbonyl (C=O) groups excluding carboxylic acids is 1. The summed E-state index contributed by atoms with van der Waals surface area (Å²) in [6.45, 7) is 2.11.